The van der Waals surface area contributed by atoms with Crippen molar-refractivity contribution in [3.63, 3.8) is 0 Å². The zero-order chi connectivity index (χ0) is 13.9. The number of hydrazone groups is 1. The molecule has 0 fully saturated rings. The van der Waals surface area contributed by atoms with Crippen LogP contribution in [0.2, 0.25) is 0 Å². The molecule has 0 aliphatic heterocycles. The van der Waals surface area contributed by atoms with Crippen molar-refractivity contribution in [1.82, 2.24) is 9.40 Å². The first-order valence-electron chi connectivity index (χ1n) is 5.72. The minimum Gasteiger partial charge on any atom is -0.350 e. The summed E-state index contributed by atoms with van der Waals surface area (Å²) in [6.07, 6.45) is 3.32. The van der Waals surface area contributed by atoms with E-state index >= 15 is 0 Å². The number of aromatic nitrogens is 1. The third-order valence-electron chi connectivity index (χ3n) is 2.68. The Hall–Kier alpha value is -2.08. The predicted molar refractivity (Wildman–Crippen MR) is 74.5 cm³/mol. The van der Waals surface area contributed by atoms with Gasteiger partial charge in [-0.25, -0.2) is 4.83 Å². The van der Waals surface area contributed by atoms with E-state index in [2.05, 4.69) is 9.93 Å². The maximum atomic E-state index is 11.9. The third-order valence-corrected chi connectivity index (χ3v) is 3.92. The van der Waals surface area contributed by atoms with Gasteiger partial charge in [-0.05, 0) is 31.2 Å². The molecule has 6 heteroatoms. The highest BCUT2D eigenvalue weighted by molar-refractivity contribution is 7.89. The van der Waals surface area contributed by atoms with E-state index in [0.717, 1.165) is 11.3 Å². The molecule has 0 unspecified atom stereocenters. The number of nitrogens with one attached hydrogen (secondary N) is 1. The van der Waals surface area contributed by atoms with Gasteiger partial charge in [-0.15, -0.1) is 0 Å². The number of hydrogen-bond donors (Lipinski definition) is 1. The van der Waals surface area contributed by atoms with Crippen molar-refractivity contribution < 1.29 is 8.42 Å². The largest absolute Gasteiger partial charge is 0.350 e. The normalized spacial score (nSPS) is 11.9. The van der Waals surface area contributed by atoms with Gasteiger partial charge < -0.3 is 4.57 Å². The molecule has 2 rings (SSSR count). The fraction of sp³-hybridized carbons (Fsp3) is 0.154. The molecule has 1 aromatic heterocycles. The zero-order valence-corrected chi connectivity index (χ0v) is 11.6. The minimum atomic E-state index is -3.60. The van der Waals surface area contributed by atoms with Crippen LogP contribution in [0.3, 0.4) is 0 Å². The highest BCUT2D eigenvalue weighted by Gasteiger charge is 2.11. The van der Waals surface area contributed by atoms with Gasteiger partial charge in [0.1, 0.15) is 0 Å². The van der Waals surface area contributed by atoms with Crippen molar-refractivity contribution >= 4 is 16.2 Å². The van der Waals surface area contributed by atoms with Gasteiger partial charge in [-0.2, -0.15) is 13.5 Å². The average molecular weight is 277 g/mol. The maximum Gasteiger partial charge on any atom is 0.276 e. The van der Waals surface area contributed by atoms with Gasteiger partial charge in [0.15, 0.2) is 0 Å². The molecule has 100 valence electrons. The molecule has 0 atom stereocenters. The van der Waals surface area contributed by atoms with Gasteiger partial charge in [-0.1, -0.05) is 17.7 Å². The first kappa shape index (κ1) is 13.4. The van der Waals surface area contributed by atoms with Gasteiger partial charge >= 0.3 is 0 Å². The molecule has 2 aromatic rings. The molecule has 0 saturated heterocycles. The van der Waals surface area contributed by atoms with E-state index in [0.29, 0.717) is 0 Å². The van der Waals surface area contributed by atoms with Gasteiger partial charge in [0, 0.05) is 13.2 Å². The Bertz CT molecular complexity index is 685. The Labute approximate surface area is 112 Å². The Morgan fingerprint density at radius 2 is 1.89 bits per heavy atom. The van der Waals surface area contributed by atoms with Crippen LogP contribution in [-0.2, 0) is 17.1 Å². The van der Waals surface area contributed by atoms with Crippen molar-refractivity contribution in [2.75, 3.05) is 0 Å². The number of hydrogen-bond acceptors (Lipinski definition) is 3. The first-order chi connectivity index (χ1) is 8.99. The number of aryl methyl sites for hydroxylation is 2. The third kappa shape index (κ3) is 3.23. The fourth-order valence-electron chi connectivity index (χ4n) is 1.54. The van der Waals surface area contributed by atoms with E-state index in [1.165, 1.54) is 6.21 Å². The Morgan fingerprint density at radius 1 is 1.21 bits per heavy atom. The molecule has 1 heterocycles. The van der Waals surface area contributed by atoms with Crippen LogP contribution in [-0.4, -0.2) is 19.2 Å². The Morgan fingerprint density at radius 3 is 2.47 bits per heavy atom. The highest BCUT2D eigenvalue weighted by atomic mass is 32.2. The molecule has 0 spiro atoms. The van der Waals surface area contributed by atoms with Crippen LogP contribution in [0.1, 0.15) is 11.3 Å². The van der Waals surface area contributed by atoms with E-state index in [1.54, 1.807) is 24.3 Å². The van der Waals surface area contributed by atoms with E-state index in [9.17, 15) is 8.42 Å². The van der Waals surface area contributed by atoms with Crippen molar-refractivity contribution in [2.45, 2.75) is 11.8 Å². The summed E-state index contributed by atoms with van der Waals surface area (Å²) in [6.45, 7) is 1.90. The van der Waals surface area contributed by atoms with Gasteiger partial charge in [0.2, 0.25) is 0 Å². The Kier molecular flexibility index (Phi) is 3.71. The molecule has 0 aliphatic carbocycles. The van der Waals surface area contributed by atoms with Crippen molar-refractivity contribution in [3.8, 4) is 0 Å². The fourth-order valence-corrected chi connectivity index (χ4v) is 2.33. The predicted octanol–water partition coefficient (Wildman–Crippen LogP) is 1.65. The van der Waals surface area contributed by atoms with Crippen LogP contribution < -0.4 is 4.83 Å². The monoisotopic (exact) mass is 277 g/mol. The summed E-state index contributed by atoms with van der Waals surface area (Å²) >= 11 is 0. The number of benzene rings is 1. The zero-order valence-electron chi connectivity index (χ0n) is 10.7. The van der Waals surface area contributed by atoms with Crippen LogP contribution in [0.5, 0.6) is 0 Å². The first-order valence-corrected chi connectivity index (χ1v) is 7.20. The quantitative estimate of drug-likeness (QED) is 0.682. The average Bonchev–Trinajstić information content (AvgIpc) is 2.75. The highest BCUT2D eigenvalue weighted by Crippen LogP contribution is 2.09. The van der Waals surface area contributed by atoms with Gasteiger partial charge in [0.25, 0.3) is 10.0 Å². The molecule has 19 heavy (non-hydrogen) atoms. The van der Waals surface area contributed by atoms with E-state index in [1.807, 2.05) is 36.9 Å². The van der Waals surface area contributed by atoms with Crippen molar-refractivity contribution in [1.29, 1.82) is 0 Å². The molecule has 0 radical (unpaired) electrons. The summed E-state index contributed by atoms with van der Waals surface area (Å²) in [7, 11) is -1.74. The lowest BCUT2D eigenvalue weighted by atomic mass is 10.2. The lowest BCUT2D eigenvalue weighted by molar-refractivity contribution is 0.584. The maximum absolute atomic E-state index is 11.9. The number of rotatable bonds is 4. The lowest BCUT2D eigenvalue weighted by Gasteiger charge is -2.03. The van der Waals surface area contributed by atoms with Crippen molar-refractivity contribution in [3.05, 3.63) is 53.9 Å². The summed E-state index contributed by atoms with van der Waals surface area (Å²) in [5, 5.41) is 3.76. The lowest BCUT2D eigenvalue weighted by Crippen LogP contribution is -2.18. The standard InChI is InChI=1S/C13H15N3O2S/c1-11-5-7-13(8-6-11)19(17,18)15-14-10-12-4-3-9-16(12)2/h3-10,15H,1-2H3. The number of sulfonamides is 1. The van der Waals surface area contributed by atoms with Gasteiger partial charge in [-0.3, -0.25) is 0 Å². The van der Waals surface area contributed by atoms with Crippen LogP contribution >= 0.6 is 0 Å². The molecule has 0 bridgehead atoms. The molecular formula is C13H15N3O2S. The van der Waals surface area contributed by atoms with E-state index in [4.69, 9.17) is 0 Å². The summed E-state index contributed by atoms with van der Waals surface area (Å²) in [5.74, 6) is 0. The van der Waals surface area contributed by atoms with Crippen LogP contribution in [0.4, 0.5) is 0 Å². The second-order valence-corrected chi connectivity index (χ2v) is 5.87. The second kappa shape index (κ2) is 5.27. The van der Waals surface area contributed by atoms with E-state index < -0.39 is 10.0 Å². The minimum absolute atomic E-state index is 0.196. The molecular weight excluding hydrogens is 262 g/mol. The molecule has 5 nitrogen and oxygen atoms in total. The van der Waals surface area contributed by atoms with E-state index in [-0.39, 0.29) is 4.90 Å². The summed E-state index contributed by atoms with van der Waals surface area (Å²) in [6, 6.07) is 10.3. The summed E-state index contributed by atoms with van der Waals surface area (Å²) < 4.78 is 25.7. The van der Waals surface area contributed by atoms with Gasteiger partial charge in [0.05, 0.1) is 16.8 Å². The molecule has 0 amide bonds. The van der Waals surface area contributed by atoms with Crippen LogP contribution in [0.25, 0.3) is 0 Å². The second-order valence-electron chi connectivity index (χ2n) is 4.21. The molecule has 0 aliphatic rings. The van der Waals surface area contributed by atoms with Crippen LogP contribution in [0, 0.1) is 6.92 Å². The molecule has 1 N–H and O–H groups in total. The summed E-state index contributed by atoms with van der Waals surface area (Å²) in [4.78, 5) is 2.39. The smallest absolute Gasteiger partial charge is 0.276 e. The molecule has 0 saturated carbocycles. The van der Waals surface area contributed by atoms with Crippen molar-refractivity contribution in [2.24, 2.45) is 12.1 Å². The SMILES string of the molecule is Cc1ccc(S(=O)(=O)NN=Cc2cccn2C)cc1. The molecule has 1 aromatic carbocycles. The Balaban J connectivity index is 2.12. The summed E-state index contributed by atoms with van der Waals surface area (Å²) in [5.41, 5.74) is 1.82. The van der Waals surface area contributed by atoms with Crippen LogP contribution in [0.15, 0.2) is 52.6 Å². The topological polar surface area (TPSA) is 63.5 Å². The number of nitrogens with zero attached hydrogens (tertiary/aromatic N) is 2.